The maximum absolute atomic E-state index is 12.9. The molecule has 0 saturated carbocycles. The van der Waals surface area contributed by atoms with Gasteiger partial charge in [-0.15, -0.1) is 0 Å². The first-order chi connectivity index (χ1) is 14.8. The normalized spacial score (nSPS) is 20.1. The van der Waals surface area contributed by atoms with Crippen LogP contribution >= 0.6 is 0 Å². The molecule has 0 radical (unpaired) electrons. The zero-order valence-corrected chi connectivity index (χ0v) is 17.1. The Bertz CT molecular complexity index is 1410. The van der Waals surface area contributed by atoms with Crippen molar-refractivity contribution in [3.63, 3.8) is 0 Å². The molecule has 1 aromatic heterocycles. The van der Waals surface area contributed by atoms with Crippen LogP contribution in [0.4, 0.5) is 0 Å². The van der Waals surface area contributed by atoms with E-state index in [2.05, 4.69) is 11.4 Å². The lowest BCUT2D eigenvalue weighted by Gasteiger charge is -2.15. The number of nitrogens with one attached hydrogen (secondary N) is 1. The third kappa shape index (κ3) is 2.75. The molecule has 6 heteroatoms. The first kappa shape index (κ1) is 19.0. The smallest absolute Gasteiger partial charge is 0.259 e. The van der Waals surface area contributed by atoms with Crippen LogP contribution in [0.2, 0.25) is 0 Å². The van der Waals surface area contributed by atoms with Crippen molar-refractivity contribution < 1.29 is 14.7 Å². The van der Waals surface area contributed by atoms with Crippen LogP contribution in [0.3, 0.4) is 0 Å². The van der Waals surface area contributed by atoms with Crippen LogP contribution in [0.25, 0.3) is 22.0 Å². The number of rotatable bonds is 3. The first-order valence-corrected chi connectivity index (χ1v) is 9.92. The number of hydrogen-bond donors (Lipinski definition) is 2. The van der Waals surface area contributed by atoms with E-state index in [1.165, 1.54) is 0 Å². The van der Waals surface area contributed by atoms with Gasteiger partial charge in [0.25, 0.3) is 11.8 Å². The van der Waals surface area contributed by atoms with E-state index in [0.717, 1.165) is 22.0 Å². The van der Waals surface area contributed by atoms with Crippen LogP contribution in [0, 0.1) is 11.3 Å². The minimum absolute atomic E-state index is 0.267. The molecule has 2 aliphatic rings. The molecular formula is C25H19N3O3. The molecule has 2 aromatic carbocycles. The Kier molecular flexibility index (Phi) is 4.01. The van der Waals surface area contributed by atoms with Crippen LogP contribution < -0.4 is 5.32 Å². The summed E-state index contributed by atoms with van der Waals surface area (Å²) in [5.41, 5.74) is 3.71. The number of hydrogen-bond acceptors (Lipinski definition) is 4. The zero-order chi connectivity index (χ0) is 21.9. The molecule has 2 heterocycles. The maximum atomic E-state index is 12.9. The Morgan fingerprint density at radius 3 is 2.61 bits per heavy atom. The number of carbonyl (C=O) groups excluding carboxylic acids is 2. The molecular weight excluding hydrogens is 390 g/mol. The molecule has 5 rings (SSSR count). The molecule has 3 aromatic rings. The molecule has 2 N–H and O–H groups in total. The van der Waals surface area contributed by atoms with E-state index in [9.17, 15) is 14.7 Å². The number of aryl methyl sites for hydroxylation is 1. The largest absolute Gasteiger partial charge is 0.381 e. The lowest BCUT2D eigenvalue weighted by atomic mass is 9.92. The number of amides is 2. The van der Waals surface area contributed by atoms with E-state index >= 15 is 0 Å². The summed E-state index contributed by atoms with van der Waals surface area (Å²) in [5, 5.41) is 23.1. The lowest BCUT2D eigenvalue weighted by Crippen LogP contribution is -2.23. The molecule has 0 saturated heterocycles. The minimum Gasteiger partial charge on any atom is -0.381 e. The van der Waals surface area contributed by atoms with Gasteiger partial charge >= 0.3 is 0 Å². The van der Waals surface area contributed by atoms with Gasteiger partial charge in [0, 0.05) is 29.7 Å². The second kappa shape index (κ2) is 6.53. The van der Waals surface area contributed by atoms with E-state index in [1.807, 2.05) is 60.3 Å². The number of fused-ring (bicyclic) bond motifs is 2. The van der Waals surface area contributed by atoms with Gasteiger partial charge in [-0.25, -0.2) is 0 Å². The summed E-state index contributed by atoms with van der Waals surface area (Å²) in [4.78, 5) is 25.8. The van der Waals surface area contributed by atoms with Crippen molar-refractivity contribution in [2.75, 3.05) is 0 Å². The highest BCUT2D eigenvalue weighted by atomic mass is 16.3. The van der Waals surface area contributed by atoms with Crippen molar-refractivity contribution in [1.82, 2.24) is 9.88 Å². The second-order valence-corrected chi connectivity index (χ2v) is 8.12. The molecule has 0 fully saturated rings. The van der Waals surface area contributed by atoms with Gasteiger partial charge in [-0.3, -0.25) is 14.9 Å². The molecule has 152 valence electrons. The highest BCUT2D eigenvalue weighted by Gasteiger charge is 2.40. The second-order valence-electron chi connectivity index (χ2n) is 8.12. The Hall–Kier alpha value is -3.95. The minimum atomic E-state index is -1.24. The topological polar surface area (TPSA) is 95.1 Å². The van der Waals surface area contributed by atoms with Crippen molar-refractivity contribution >= 4 is 33.9 Å². The Balaban J connectivity index is 1.78. The van der Waals surface area contributed by atoms with Gasteiger partial charge in [0.2, 0.25) is 0 Å². The molecule has 6 nitrogen and oxygen atoms in total. The fourth-order valence-corrected chi connectivity index (χ4v) is 4.60. The summed E-state index contributed by atoms with van der Waals surface area (Å²) < 4.78 is 1.89. The van der Waals surface area contributed by atoms with Gasteiger partial charge in [-0.2, -0.15) is 5.26 Å². The van der Waals surface area contributed by atoms with E-state index < -0.39 is 17.4 Å². The first-order valence-electron chi connectivity index (χ1n) is 9.92. The van der Waals surface area contributed by atoms with E-state index in [-0.39, 0.29) is 5.57 Å². The molecule has 1 atom stereocenters. The predicted molar refractivity (Wildman–Crippen MR) is 116 cm³/mol. The van der Waals surface area contributed by atoms with Crippen LogP contribution in [0.5, 0.6) is 0 Å². The number of nitriles is 1. The van der Waals surface area contributed by atoms with Gasteiger partial charge < -0.3 is 9.67 Å². The van der Waals surface area contributed by atoms with Gasteiger partial charge in [0.05, 0.1) is 23.6 Å². The highest BCUT2D eigenvalue weighted by Crippen LogP contribution is 2.45. The monoisotopic (exact) mass is 409 g/mol. The van der Waals surface area contributed by atoms with Crippen molar-refractivity contribution in [3.05, 3.63) is 82.6 Å². The molecule has 1 aliphatic carbocycles. The number of aliphatic hydroxyl groups is 1. The highest BCUT2D eigenvalue weighted by molar-refractivity contribution is 6.42. The number of carbonyl (C=O) groups is 2. The Morgan fingerprint density at radius 2 is 1.84 bits per heavy atom. The summed E-state index contributed by atoms with van der Waals surface area (Å²) in [6.07, 6.45) is 3.76. The number of imide groups is 1. The molecule has 2 amide bonds. The van der Waals surface area contributed by atoms with Crippen LogP contribution in [0.15, 0.2) is 60.3 Å². The molecule has 1 aliphatic heterocycles. The summed E-state index contributed by atoms with van der Waals surface area (Å²) in [6.45, 7) is 1.67. The van der Waals surface area contributed by atoms with E-state index in [0.29, 0.717) is 28.7 Å². The van der Waals surface area contributed by atoms with Gasteiger partial charge in [-0.1, -0.05) is 36.4 Å². The SMILES string of the molecule is Cn1cc(C2=C(C3=CC(C)(O)c4ccccc43)C(=O)NC2=O)c2ccc(CC#N)cc21. The third-order valence-corrected chi connectivity index (χ3v) is 6.00. The Labute approximate surface area is 178 Å². The van der Waals surface area contributed by atoms with Gasteiger partial charge in [0.1, 0.15) is 5.60 Å². The van der Waals surface area contributed by atoms with Gasteiger partial charge in [-0.05, 0) is 41.3 Å². The maximum Gasteiger partial charge on any atom is 0.259 e. The van der Waals surface area contributed by atoms with Crippen molar-refractivity contribution in [2.24, 2.45) is 7.05 Å². The number of nitrogens with zero attached hydrogens (tertiary/aromatic N) is 2. The average Bonchev–Trinajstić information content (AvgIpc) is 3.31. The number of benzene rings is 2. The predicted octanol–water partition coefficient (Wildman–Crippen LogP) is 2.96. The number of aromatic nitrogens is 1. The fraction of sp³-hybridized carbons (Fsp3) is 0.160. The summed E-state index contributed by atoms with van der Waals surface area (Å²) in [7, 11) is 1.87. The van der Waals surface area contributed by atoms with E-state index in [4.69, 9.17) is 5.26 Å². The van der Waals surface area contributed by atoms with Crippen LogP contribution in [-0.2, 0) is 28.7 Å². The van der Waals surface area contributed by atoms with E-state index in [1.54, 1.807) is 13.0 Å². The lowest BCUT2D eigenvalue weighted by molar-refractivity contribution is -0.123. The summed E-state index contributed by atoms with van der Waals surface area (Å²) in [6, 6.07) is 15.2. The quantitative estimate of drug-likeness (QED) is 0.650. The van der Waals surface area contributed by atoms with Gasteiger partial charge in [0.15, 0.2) is 0 Å². The van der Waals surface area contributed by atoms with Crippen LogP contribution in [-0.4, -0.2) is 21.5 Å². The van der Waals surface area contributed by atoms with Crippen molar-refractivity contribution in [3.8, 4) is 6.07 Å². The molecule has 31 heavy (non-hydrogen) atoms. The summed E-state index contributed by atoms with van der Waals surface area (Å²) in [5.74, 6) is -0.935. The van der Waals surface area contributed by atoms with Crippen LogP contribution in [0.1, 0.15) is 29.2 Å². The Morgan fingerprint density at radius 1 is 1.10 bits per heavy atom. The third-order valence-electron chi connectivity index (χ3n) is 6.00. The molecule has 0 spiro atoms. The van der Waals surface area contributed by atoms with Crippen molar-refractivity contribution in [2.45, 2.75) is 18.9 Å². The average molecular weight is 409 g/mol. The fourth-order valence-electron chi connectivity index (χ4n) is 4.60. The zero-order valence-electron chi connectivity index (χ0n) is 17.1. The molecule has 1 unspecified atom stereocenters. The summed E-state index contributed by atoms with van der Waals surface area (Å²) >= 11 is 0. The standard InChI is InChI=1S/C25H19N3O3/c1-25(31)12-17(15-5-3-4-6-19(15)25)21-22(24(30)27-23(21)29)18-13-28(2)20-11-14(9-10-26)7-8-16(18)20/h3-8,11-13,31H,9H2,1-2H3,(H,27,29,30). The van der Waals surface area contributed by atoms with Crippen molar-refractivity contribution in [1.29, 1.82) is 5.26 Å². The molecule has 0 bridgehead atoms.